The molecule has 2 aromatic carbocycles. The van der Waals surface area contributed by atoms with Gasteiger partial charge in [0.25, 0.3) is 0 Å². The summed E-state index contributed by atoms with van der Waals surface area (Å²) in [6, 6.07) is 21.1. The van der Waals surface area contributed by atoms with Crippen molar-refractivity contribution in [3.05, 3.63) is 71.8 Å². The maximum Gasteiger partial charge on any atom is 0.0521 e. The van der Waals surface area contributed by atoms with Gasteiger partial charge < -0.3 is 9.47 Å². The zero-order chi connectivity index (χ0) is 14.2. The Balaban J connectivity index is 2.38. The van der Waals surface area contributed by atoms with Crippen molar-refractivity contribution in [1.82, 2.24) is 0 Å². The third-order valence-electron chi connectivity index (χ3n) is 3.55. The SMILES string of the molecule is COCC(COC)C(c1ccccc1)c1ccccc1. The second kappa shape index (κ2) is 7.83. The van der Waals surface area contributed by atoms with Gasteiger partial charge in [0.1, 0.15) is 0 Å². The summed E-state index contributed by atoms with van der Waals surface area (Å²) >= 11 is 0. The van der Waals surface area contributed by atoms with Crippen LogP contribution in [-0.4, -0.2) is 27.4 Å². The Morgan fingerprint density at radius 2 is 1.10 bits per heavy atom. The quantitative estimate of drug-likeness (QED) is 0.763. The molecule has 0 aliphatic heterocycles. The summed E-state index contributed by atoms with van der Waals surface area (Å²) in [4.78, 5) is 0. The van der Waals surface area contributed by atoms with Crippen LogP contribution in [0.2, 0.25) is 0 Å². The Kier molecular flexibility index (Phi) is 5.78. The van der Waals surface area contributed by atoms with Crippen molar-refractivity contribution < 1.29 is 9.47 Å². The normalized spacial score (nSPS) is 11.2. The Bertz CT molecular complexity index is 436. The molecule has 0 aliphatic carbocycles. The van der Waals surface area contributed by atoms with E-state index in [1.807, 2.05) is 12.1 Å². The fraction of sp³-hybridized carbons (Fsp3) is 0.333. The van der Waals surface area contributed by atoms with E-state index in [4.69, 9.17) is 9.47 Å². The highest BCUT2D eigenvalue weighted by Crippen LogP contribution is 2.32. The lowest BCUT2D eigenvalue weighted by molar-refractivity contribution is 0.0768. The molecule has 0 spiro atoms. The molecular formula is C18H22O2. The number of rotatable bonds is 7. The first kappa shape index (κ1) is 14.8. The van der Waals surface area contributed by atoms with Crippen LogP contribution in [0.25, 0.3) is 0 Å². The second-order valence-electron chi connectivity index (χ2n) is 4.97. The van der Waals surface area contributed by atoms with Gasteiger partial charge in [0.2, 0.25) is 0 Å². The lowest BCUT2D eigenvalue weighted by Gasteiger charge is -2.27. The van der Waals surface area contributed by atoms with E-state index in [9.17, 15) is 0 Å². The van der Waals surface area contributed by atoms with Crippen LogP contribution in [0.5, 0.6) is 0 Å². The summed E-state index contributed by atoms with van der Waals surface area (Å²) in [6.07, 6.45) is 0. The van der Waals surface area contributed by atoms with Gasteiger partial charge in [-0.05, 0) is 11.1 Å². The predicted octanol–water partition coefficient (Wildman–Crippen LogP) is 3.73. The number of hydrogen-bond donors (Lipinski definition) is 0. The smallest absolute Gasteiger partial charge is 0.0521 e. The summed E-state index contributed by atoms with van der Waals surface area (Å²) in [7, 11) is 3.49. The fourth-order valence-electron chi connectivity index (χ4n) is 2.73. The molecule has 106 valence electrons. The molecule has 0 bridgehead atoms. The van der Waals surface area contributed by atoms with E-state index in [0.717, 1.165) is 0 Å². The van der Waals surface area contributed by atoms with Crippen molar-refractivity contribution in [3.63, 3.8) is 0 Å². The van der Waals surface area contributed by atoms with Crippen molar-refractivity contribution >= 4 is 0 Å². The van der Waals surface area contributed by atoms with Crippen LogP contribution in [-0.2, 0) is 9.47 Å². The van der Waals surface area contributed by atoms with Crippen LogP contribution in [0.3, 0.4) is 0 Å². The fourth-order valence-corrected chi connectivity index (χ4v) is 2.73. The summed E-state index contributed by atoms with van der Waals surface area (Å²) in [5.74, 6) is 0.590. The summed E-state index contributed by atoms with van der Waals surface area (Å²) in [5.41, 5.74) is 2.61. The minimum absolute atomic E-state index is 0.289. The number of hydrogen-bond acceptors (Lipinski definition) is 2. The van der Waals surface area contributed by atoms with E-state index in [2.05, 4.69) is 48.5 Å². The molecule has 2 nitrogen and oxygen atoms in total. The molecule has 0 aromatic heterocycles. The molecule has 2 aromatic rings. The highest BCUT2D eigenvalue weighted by atomic mass is 16.5. The summed E-state index contributed by atoms with van der Waals surface area (Å²) < 4.78 is 10.8. The standard InChI is InChI=1S/C18H22O2/c1-19-13-17(14-20-2)18(15-9-5-3-6-10-15)16-11-7-4-8-12-16/h3-12,17-18H,13-14H2,1-2H3. The largest absolute Gasteiger partial charge is 0.384 e. The molecule has 0 radical (unpaired) electrons. The average Bonchev–Trinajstić information content (AvgIpc) is 2.50. The lowest BCUT2D eigenvalue weighted by Crippen LogP contribution is -2.23. The molecule has 0 heterocycles. The van der Waals surface area contributed by atoms with Gasteiger partial charge in [-0.3, -0.25) is 0 Å². The molecule has 2 rings (SSSR count). The molecular weight excluding hydrogens is 248 g/mol. The molecule has 0 saturated carbocycles. The average molecular weight is 270 g/mol. The highest BCUT2D eigenvalue weighted by Gasteiger charge is 2.24. The van der Waals surface area contributed by atoms with Gasteiger partial charge in [-0.25, -0.2) is 0 Å². The van der Waals surface area contributed by atoms with E-state index < -0.39 is 0 Å². The van der Waals surface area contributed by atoms with E-state index in [-0.39, 0.29) is 5.92 Å². The van der Waals surface area contributed by atoms with Crippen LogP contribution in [0.1, 0.15) is 17.0 Å². The van der Waals surface area contributed by atoms with Gasteiger partial charge in [-0.2, -0.15) is 0 Å². The maximum absolute atomic E-state index is 5.40. The van der Waals surface area contributed by atoms with E-state index >= 15 is 0 Å². The highest BCUT2D eigenvalue weighted by molar-refractivity contribution is 5.33. The van der Waals surface area contributed by atoms with Gasteiger partial charge in [0.15, 0.2) is 0 Å². The maximum atomic E-state index is 5.40. The first-order chi connectivity index (χ1) is 9.86. The molecule has 0 saturated heterocycles. The van der Waals surface area contributed by atoms with E-state index in [1.54, 1.807) is 14.2 Å². The summed E-state index contributed by atoms with van der Waals surface area (Å²) in [5, 5.41) is 0. The van der Waals surface area contributed by atoms with Crippen molar-refractivity contribution in [3.8, 4) is 0 Å². The first-order valence-corrected chi connectivity index (χ1v) is 6.94. The molecule has 0 fully saturated rings. The van der Waals surface area contributed by atoms with Crippen molar-refractivity contribution in [2.45, 2.75) is 5.92 Å². The van der Waals surface area contributed by atoms with Crippen LogP contribution in [0, 0.1) is 5.92 Å². The Labute approximate surface area is 121 Å². The topological polar surface area (TPSA) is 18.5 Å². The zero-order valence-electron chi connectivity index (χ0n) is 12.2. The third kappa shape index (κ3) is 3.69. The Morgan fingerprint density at radius 3 is 1.45 bits per heavy atom. The molecule has 0 aliphatic rings. The molecule has 0 amide bonds. The molecule has 20 heavy (non-hydrogen) atoms. The lowest BCUT2D eigenvalue weighted by atomic mass is 9.81. The second-order valence-corrected chi connectivity index (χ2v) is 4.97. The first-order valence-electron chi connectivity index (χ1n) is 6.94. The van der Waals surface area contributed by atoms with Gasteiger partial charge in [0, 0.05) is 26.1 Å². The van der Waals surface area contributed by atoms with Crippen LogP contribution in [0.15, 0.2) is 60.7 Å². The zero-order valence-corrected chi connectivity index (χ0v) is 12.2. The van der Waals surface area contributed by atoms with Crippen LogP contribution >= 0.6 is 0 Å². The molecule has 2 heteroatoms. The Hall–Kier alpha value is -1.64. The minimum atomic E-state index is 0.289. The predicted molar refractivity (Wildman–Crippen MR) is 82.0 cm³/mol. The van der Waals surface area contributed by atoms with E-state index in [1.165, 1.54) is 11.1 Å². The number of benzene rings is 2. The van der Waals surface area contributed by atoms with Crippen molar-refractivity contribution in [2.75, 3.05) is 27.4 Å². The number of methoxy groups -OCH3 is 2. The van der Waals surface area contributed by atoms with Crippen LogP contribution < -0.4 is 0 Å². The molecule has 0 atom stereocenters. The van der Waals surface area contributed by atoms with Gasteiger partial charge in [-0.1, -0.05) is 60.7 Å². The van der Waals surface area contributed by atoms with Crippen molar-refractivity contribution in [2.24, 2.45) is 5.92 Å². The third-order valence-corrected chi connectivity index (χ3v) is 3.55. The van der Waals surface area contributed by atoms with Gasteiger partial charge in [-0.15, -0.1) is 0 Å². The molecule has 0 N–H and O–H groups in total. The van der Waals surface area contributed by atoms with Crippen LogP contribution in [0.4, 0.5) is 0 Å². The van der Waals surface area contributed by atoms with Crippen molar-refractivity contribution in [1.29, 1.82) is 0 Å². The number of ether oxygens (including phenoxy) is 2. The van der Waals surface area contributed by atoms with Gasteiger partial charge in [0.05, 0.1) is 13.2 Å². The summed E-state index contributed by atoms with van der Waals surface area (Å²) in [6.45, 7) is 1.37. The Morgan fingerprint density at radius 1 is 0.700 bits per heavy atom. The molecule has 0 unspecified atom stereocenters. The monoisotopic (exact) mass is 270 g/mol. The minimum Gasteiger partial charge on any atom is -0.384 e. The van der Waals surface area contributed by atoms with E-state index in [0.29, 0.717) is 19.1 Å². The van der Waals surface area contributed by atoms with Gasteiger partial charge >= 0.3 is 0 Å².